The molecule has 2 fully saturated rings. The average Bonchev–Trinajstić information content (AvgIpc) is 2.40. The van der Waals surface area contributed by atoms with E-state index in [1.807, 2.05) is 0 Å². The number of nitrogens with zero attached hydrogens (tertiary/aromatic N) is 1. The lowest BCUT2D eigenvalue weighted by Crippen LogP contribution is -2.58. The number of rotatable bonds is 3. The standard InChI is InChI=1S/C12H24N4O/c1-2-16-7-3-4-10(9-16)15-12(17)11-8-13-5-6-14-11/h10-11,13-14H,2-9H2,1H3,(H,15,17). The minimum atomic E-state index is -0.0549. The fourth-order valence-electron chi connectivity index (χ4n) is 2.60. The van der Waals surface area contributed by atoms with E-state index in [4.69, 9.17) is 0 Å². The first-order chi connectivity index (χ1) is 8.29. The number of likely N-dealkylation sites (tertiary alicyclic amines) is 1. The first-order valence-corrected chi connectivity index (χ1v) is 6.76. The molecule has 1 amide bonds. The van der Waals surface area contributed by atoms with Gasteiger partial charge >= 0.3 is 0 Å². The van der Waals surface area contributed by atoms with Gasteiger partial charge in [0.1, 0.15) is 0 Å². The zero-order valence-electron chi connectivity index (χ0n) is 10.7. The lowest BCUT2D eigenvalue weighted by molar-refractivity contribution is -0.124. The van der Waals surface area contributed by atoms with Gasteiger partial charge in [-0.3, -0.25) is 4.79 Å². The van der Waals surface area contributed by atoms with Crippen molar-refractivity contribution in [2.75, 3.05) is 39.3 Å². The van der Waals surface area contributed by atoms with E-state index >= 15 is 0 Å². The van der Waals surface area contributed by atoms with E-state index in [2.05, 4.69) is 27.8 Å². The van der Waals surface area contributed by atoms with Crippen molar-refractivity contribution in [1.82, 2.24) is 20.9 Å². The molecule has 0 radical (unpaired) electrons. The number of piperazine rings is 1. The minimum Gasteiger partial charge on any atom is -0.351 e. The molecule has 3 N–H and O–H groups in total. The highest BCUT2D eigenvalue weighted by molar-refractivity contribution is 5.82. The maximum Gasteiger partial charge on any atom is 0.238 e. The highest BCUT2D eigenvalue weighted by atomic mass is 16.2. The summed E-state index contributed by atoms with van der Waals surface area (Å²) in [5, 5.41) is 9.65. The Morgan fingerprint density at radius 3 is 3.06 bits per heavy atom. The van der Waals surface area contributed by atoms with E-state index in [-0.39, 0.29) is 11.9 Å². The van der Waals surface area contributed by atoms with Gasteiger partial charge in [0, 0.05) is 32.2 Å². The highest BCUT2D eigenvalue weighted by Crippen LogP contribution is 2.09. The van der Waals surface area contributed by atoms with Gasteiger partial charge in [0.05, 0.1) is 6.04 Å². The summed E-state index contributed by atoms with van der Waals surface area (Å²) < 4.78 is 0. The predicted molar refractivity (Wildman–Crippen MR) is 67.9 cm³/mol. The van der Waals surface area contributed by atoms with Gasteiger partial charge in [-0.2, -0.15) is 0 Å². The molecule has 0 aliphatic carbocycles. The maximum atomic E-state index is 12.0. The van der Waals surface area contributed by atoms with Crippen LogP contribution in [0.3, 0.4) is 0 Å². The van der Waals surface area contributed by atoms with Crippen LogP contribution in [0.25, 0.3) is 0 Å². The molecule has 2 saturated heterocycles. The third-order valence-corrected chi connectivity index (χ3v) is 3.66. The number of carbonyl (C=O) groups is 1. The van der Waals surface area contributed by atoms with E-state index in [1.165, 1.54) is 13.0 Å². The van der Waals surface area contributed by atoms with Gasteiger partial charge in [0.25, 0.3) is 0 Å². The number of nitrogens with one attached hydrogen (secondary N) is 3. The Hall–Kier alpha value is -0.650. The molecule has 0 aromatic heterocycles. The Balaban J connectivity index is 1.77. The van der Waals surface area contributed by atoms with Gasteiger partial charge < -0.3 is 20.9 Å². The largest absolute Gasteiger partial charge is 0.351 e. The summed E-state index contributed by atoms with van der Waals surface area (Å²) in [4.78, 5) is 14.4. The summed E-state index contributed by atoms with van der Waals surface area (Å²) in [5.74, 6) is 0.153. The third kappa shape index (κ3) is 3.66. The lowest BCUT2D eigenvalue weighted by Gasteiger charge is -2.33. The second kappa shape index (κ2) is 6.33. The van der Waals surface area contributed by atoms with Gasteiger partial charge in [-0.05, 0) is 25.9 Å². The van der Waals surface area contributed by atoms with E-state index in [1.54, 1.807) is 0 Å². The van der Waals surface area contributed by atoms with Crippen LogP contribution < -0.4 is 16.0 Å². The molecule has 2 rings (SSSR count). The Kier molecular flexibility index (Phi) is 4.76. The number of likely N-dealkylation sites (N-methyl/N-ethyl adjacent to an activating group) is 1. The molecular weight excluding hydrogens is 216 g/mol. The van der Waals surface area contributed by atoms with Gasteiger partial charge in [-0.25, -0.2) is 0 Å². The summed E-state index contributed by atoms with van der Waals surface area (Å²) in [6, 6.07) is 0.278. The van der Waals surface area contributed by atoms with Crippen molar-refractivity contribution >= 4 is 5.91 Å². The zero-order valence-corrected chi connectivity index (χ0v) is 10.7. The van der Waals surface area contributed by atoms with Crippen molar-refractivity contribution in [3.05, 3.63) is 0 Å². The highest BCUT2D eigenvalue weighted by Gasteiger charge is 2.25. The molecular formula is C12H24N4O. The molecule has 0 saturated carbocycles. The van der Waals surface area contributed by atoms with Crippen molar-refractivity contribution in [1.29, 1.82) is 0 Å². The molecule has 0 aromatic rings. The van der Waals surface area contributed by atoms with Crippen LogP contribution in [0, 0.1) is 0 Å². The van der Waals surface area contributed by atoms with Crippen LogP contribution in [-0.2, 0) is 4.79 Å². The van der Waals surface area contributed by atoms with E-state index < -0.39 is 0 Å². The van der Waals surface area contributed by atoms with Crippen molar-refractivity contribution < 1.29 is 4.79 Å². The Morgan fingerprint density at radius 2 is 2.35 bits per heavy atom. The smallest absolute Gasteiger partial charge is 0.238 e. The second-order valence-electron chi connectivity index (χ2n) is 4.95. The van der Waals surface area contributed by atoms with Gasteiger partial charge in [0.2, 0.25) is 5.91 Å². The molecule has 2 heterocycles. The van der Waals surface area contributed by atoms with Crippen LogP contribution in [-0.4, -0.2) is 62.2 Å². The Labute approximate surface area is 103 Å². The minimum absolute atomic E-state index is 0.0549. The molecule has 98 valence electrons. The molecule has 2 aliphatic heterocycles. The second-order valence-corrected chi connectivity index (χ2v) is 4.95. The topological polar surface area (TPSA) is 56.4 Å². The fraction of sp³-hybridized carbons (Fsp3) is 0.917. The predicted octanol–water partition coefficient (Wildman–Crippen LogP) is -0.852. The van der Waals surface area contributed by atoms with Gasteiger partial charge in [-0.1, -0.05) is 6.92 Å². The van der Waals surface area contributed by atoms with Crippen LogP contribution in [0.1, 0.15) is 19.8 Å². The van der Waals surface area contributed by atoms with Crippen LogP contribution in [0.4, 0.5) is 0 Å². The molecule has 0 aromatic carbocycles. The zero-order chi connectivity index (χ0) is 12.1. The quantitative estimate of drug-likeness (QED) is 0.601. The number of hydrogen-bond acceptors (Lipinski definition) is 4. The SMILES string of the molecule is CCN1CCCC(NC(=O)C2CNCCN2)C1. The summed E-state index contributed by atoms with van der Waals surface area (Å²) in [6.45, 7) is 8.01. The molecule has 2 unspecified atom stereocenters. The van der Waals surface area contributed by atoms with Crippen LogP contribution in [0.5, 0.6) is 0 Å². The molecule has 0 spiro atoms. The summed E-state index contributed by atoms with van der Waals surface area (Å²) >= 11 is 0. The molecule has 5 heteroatoms. The molecule has 17 heavy (non-hydrogen) atoms. The first kappa shape index (κ1) is 12.8. The molecule has 2 atom stereocenters. The Bertz CT molecular complexity index is 253. The number of hydrogen-bond donors (Lipinski definition) is 3. The van der Waals surface area contributed by atoms with E-state index in [9.17, 15) is 4.79 Å². The maximum absolute atomic E-state index is 12.0. The lowest BCUT2D eigenvalue weighted by atomic mass is 10.1. The fourth-order valence-corrected chi connectivity index (χ4v) is 2.60. The third-order valence-electron chi connectivity index (χ3n) is 3.66. The van der Waals surface area contributed by atoms with Gasteiger partial charge in [0.15, 0.2) is 0 Å². The van der Waals surface area contributed by atoms with Crippen molar-refractivity contribution in [3.63, 3.8) is 0 Å². The molecule has 5 nitrogen and oxygen atoms in total. The summed E-state index contributed by atoms with van der Waals surface area (Å²) in [6.07, 6.45) is 2.30. The van der Waals surface area contributed by atoms with E-state index in [0.717, 1.165) is 39.1 Å². The first-order valence-electron chi connectivity index (χ1n) is 6.76. The monoisotopic (exact) mass is 240 g/mol. The van der Waals surface area contributed by atoms with Crippen molar-refractivity contribution in [2.24, 2.45) is 0 Å². The summed E-state index contributed by atoms with van der Waals surface area (Å²) in [7, 11) is 0. The number of carbonyl (C=O) groups excluding carboxylic acids is 1. The van der Waals surface area contributed by atoms with Crippen LogP contribution >= 0.6 is 0 Å². The average molecular weight is 240 g/mol. The van der Waals surface area contributed by atoms with Gasteiger partial charge in [-0.15, -0.1) is 0 Å². The van der Waals surface area contributed by atoms with Crippen molar-refractivity contribution in [3.8, 4) is 0 Å². The summed E-state index contributed by atoms with van der Waals surface area (Å²) in [5.41, 5.74) is 0. The normalized spacial score (nSPS) is 31.1. The van der Waals surface area contributed by atoms with E-state index in [0.29, 0.717) is 6.04 Å². The molecule has 2 aliphatic rings. The van der Waals surface area contributed by atoms with Crippen LogP contribution in [0.15, 0.2) is 0 Å². The van der Waals surface area contributed by atoms with Crippen molar-refractivity contribution in [2.45, 2.75) is 31.8 Å². The number of piperidine rings is 1. The van der Waals surface area contributed by atoms with Crippen LogP contribution in [0.2, 0.25) is 0 Å². The molecule has 0 bridgehead atoms. The Morgan fingerprint density at radius 1 is 1.47 bits per heavy atom. The number of amides is 1.